The second-order valence-corrected chi connectivity index (χ2v) is 5.08. The quantitative estimate of drug-likeness (QED) is 0.777. The van der Waals surface area contributed by atoms with Gasteiger partial charge in [0.15, 0.2) is 0 Å². The van der Waals surface area contributed by atoms with Gasteiger partial charge in [0.05, 0.1) is 5.02 Å². The number of halogens is 2. The summed E-state index contributed by atoms with van der Waals surface area (Å²) in [5, 5.41) is 1.30. The zero-order valence-electron chi connectivity index (χ0n) is 10.8. The van der Waals surface area contributed by atoms with Crippen LogP contribution in [0.3, 0.4) is 0 Å². The molecule has 3 rings (SSSR count). The van der Waals surface area contributed by atoms with E-state index in [0.29, 0.717) is 13.1 Å². The van der Waals surface area contributed by atoms with Gasteiger partial charge < -0.3 is 10.3 Å². The van der Waals surface area contributed by atoms with Crippen LogP contribution in [-0.4, -0.2) is 4.57 Å². The molecule has 0 aliphatic carbocycles. The molecule has 0 amide bonds. The van der Waals surface area contributed by atoms with Crippen molar-refractivity contribution in [3.8, 4) is 0 Å². The molecule has 0 bridgehead atoms. The smallest absolute Gasteiger partial charge is 0.142 e. The Hall–Kier alpha value is -1.84. The van der Waals surface area contributed by atoms with E-state index in [2.05, 4.69) is 10.6 Å². The van der Waals surface area contributed by atoms with Crippen LogP contribution in [0.15, 0.2) is 48.5 Å². The van der Waals surface area contributed by atoms with E-state index in [4.69, 9.17) is 17.3 Å². The van der Waals surface area contributed by atoms with Crippen LogP contribution in [-0.2, 0) is 13.1 Å². The second kappa shape index (κ2) is 5.27. The number of hydrogen-bond donors (Lipinski definition) is 1. The van der Waals surface area contributed by atoms with Crippen LogP contribution >= 0.6 is 11.6 Å². The monoisotopic (exact) mass is 288 g/mol. The average Bonchev–Trinajstić information content (AvgIpc) is 2.82. The van der Waals surface area contributed by atoms with Crippen LogP contribution in [0.4, 0.5) is 4.39 Å². The first-order chi connectivity index (χ1) is 9.70. The zero-order chi connectivity index (χ0) is 14.1. The predicted molar refractivity (Wildman–Crippen MR) is 80.3 cm³/mol. The lowest BCUT2D eigenvalue weighted by molar-refractivity contribution is 0.624. The van der Waals surface area contributed by atoms with Gasteiger partial charge in [0.2, 0.25) is 0 Å². The van der Waals surface area contributed by atoms with Crippen LogP contribution < -0.4 is 5.73 Å². The van der Waals surface area contributed by atoms with Gasteiger partial charge in [-0.1, -0.05) is 41.9 Å². The van der Waals surface area contributed by atoms with E-state index in [1.165, 1.54) is 6.07 Å². The van der Waals surface area contributed by atoms with E-state index in [0.717, 1.165) is 22.2 Å². The molecule has 102 valence electrons. The predicted octanol–water partition coefficient (Wildman–Crippen LogP) is 3.94. The van der Waals surface area contributed by atoms with E-state index in [1.807, 2.05) is 30.3 Å². The number of nitrogens with two attached hydrogens (primary N) is 1. The highest BCUT2D eigenvalue weighted by molar-refractivity contribution is 6.31. The maximum atomic E-state index is 13.5. The summed E-state index contributed by atoms with van der Waals surface area (Å²) >= 11 is 6.04. The number of nitrogens with zero attached hydrogens (tertiary/aromatic N) is 1. The fourth-order valence-corrected chi connectivity index (χ4v) is 2.65. The van der Waals surface area contributed by atoms with E-state index >= 15 is 0 Å². The molecule has 0 unspecified atom stereocenters. The maximum Gasteiger partial charge on any atom is 0.142 e. The molecule has 0 aliphatic rings. The number of benzene rings is 2. The van der Waals surface area contributed by atoms with Gasteiger partial charge in [-0.05, 0) is 29.1 Å². The molecule has 0 saturated carbocycles. The minimum Gasteiger partial charge on any atom is -0.339 e. The molecule has 0 saturated heterocycles. The second-order valence-electron chi connectivity index (χ2n) is 4.70. The van der Waals surface area contributed by atoms with Gasteiger partial charge in [-0.2, -0.15) is 0 Å². The Labute approximate surface area is 121 Å². The zero-order valence-corrected chi connectivity index (χ0v) is 11.6. The van der Waals surface area contributed by atoms with E-state index in [9.17, 15) is 4.39 Å². The SMILES string of the molecule is NCc1cc2ccccc2n1Cc1cccc(F)c1Cl. The lowest BCUT2D eigenvalue weighted by atomic mass is 10.2. The third-order valence-corrected chi connectivity index (χ3v) is 3.89. The summed E-state index contributed by atoms with van der Waals surface area (Å²) in [6.45, 7) is 0.943. The fraction of sp³-hybridized carbons (Fsp3) is 0.125. The number of para-hydroxylation sites is 1. The van der Waals surface area contributed by atoms with Crippen molar-refractivity contribution in [2.45, 2.75) is 13.1 Å². The molecule has 2 N–H and O–H groups in total. The molecule has 0 radical (unpaired) electrons. The highest BCUT2D eigenvalue weighted by atomic mass is 35.5. The molecule has 20 heavy (non-hydrogen) atoms. The van der Waals surface area contributed by atoms with Crippen molar-refractivity contribution in [2.75, 3.05) is 0 Å². The van der Waals surface area contributed by atoms with Gasteiger partial charge in [-0.15, -0.1) is 0 Å². The Morgan fingerprint density at radius 1 is 1.10 bits per heavy atom. The van der Waals surface area contributed by atoms with E-state index in [-0.39, 0.29) is 5.02 Å². The Morgan fingerprint density at radius 3 is 2.70 bits per heavy atom. The molecular formula is C16H14ClFN2. The minimum atomic E-state index is -0.394. The summed E-state index contributed by atoms with van der Waals surface area (Å²) in [7, 11) is 0. The van der Waals surface area contributed by atoms with Crippen molar-refractivity contribution in [1.29, 1.82) is 0 Å². The number of hydrogen-bond acceptors (Lipinski definition) is 1. The van der Waals surface area contributed by atoms with Gasteiger partial charge in [-0.3, -0.25) is 0 Å². The summed E-state index contributed by atoms with van der Waals surface area (Å²) < 4.78 is 15.6. The third kappa shape index (κ3) is 2.19. The maximum absolute atomic E-state index is 13.5. The standard InChI is InChI=1S/C16H14ClFN2/c17-16-12(5-3-6-14(16)18)10-20-13(9-19)8-11-4-1-2-7-15(11)20/h1-8H,9-10,19H2. The topological polar surface area (TPSA) is 30.9 Å². The molecule has 4 heteroatoms. The molecule has 2 aromatic carbocycles. The van der Waals surface area contributed by atoms with Gasteiger partial charge in [0, 0.05) is 24.3 Å². The lowest BCUT2D eigenvalue weighted by Crippen LogP contribution is -2.08. The first kappa shape index (κ1) is 13.2. The Bertz CT molecular complexity index is 764. The van der Waals surface area contributed by atoms with Crippen LogP contribution in [0, 0.1) is 5.82 Å². The largest absolute Gasteiger partial charge is 0.339 e. The van der Waals surface area contributed by atoms with Crippen molar-refractivity contribution in [2.24, 2.45) is 5.73 Å². The van der Waals surface area contributed by atoms with Crippen LogP contribution in [0.25, 0.3) is 10.9 Å². The van der Waals surface area contributed by atoms with Crippen molar-refractivity contribution in [3.05, 3.63) is 70.6 Å². The molecule has 3 aromatic rings. The van der Waals surface area contributed by atoms with Crippen LogP contribution in [0.1, 0.15) is 11.3 Å². The first-order valence-electron chi connectivity index (χ1n) is 6.41. The van der Waals surface area contributed by atoms with Gasteiger partial charge in [0.1, 0.15) is 5.82 Å². The van der Waals surface area contributed by atoms with Crippen molar-refractivity contribution in [3.63, 3.8) is 0 Å². The molecule has 1 aromatic heterocycles. The van der Waals surface area contributed by atoms with Crippen molar-refractivity contribution >= 4 is 22.5 Å². The summed E-state index contributed by atoms with van der Waals surface area (Å²) in [4.78, 5) is 0. The summed E-state index contributed by atoms with van der Waals surface area (Å²) in [5.41, 5.74) is 8.64. The minimum absolute atomic E-state index is 0.174. The summed E-state index contributed by atoms with van der Waals surface area (Å²) in [6.07, 6.45) is 0. The molecule has 0 atom stereocenters. The van der Waals surface area contributed by atoms with Crippen molar-refractivity contribution in [1.82, 2.24) is 4.57 Å². The number of aromatic nitrogens is 1. The number of fused-ring (bicyclic) bond motifs is 1. The fourth-order valence-electron chi connectivity index (χ4n) is 2.46. The molecule has 2 nitrogen and oxygen atoms in total. The van der Waals surface area contributed by atoms with Gasteiger partial charge >= 0.3 is 0 Å². The lowest BCUT2D eigenvalue weighted by Gasteiger charge is -2.11. The Kier molecular flexibility index (Phi) is 3.47. The van der Waals surface area contributed by atoms with Crippen LogP contribution in [0.5, 0.6) is 0 Å². The Balaban J connectivity index is 2.12. The number of rotatable bonds is 3. The normalized spacial score (nSPS) is 11.2. The molecule has 0 aliphatic heterocycles. The van der Waals surface area contributed by atoms with Gasteiger partial charge in [0.25, 0.3) is 0 Å². The molecule has 0 spiro atoms. The van der Waals surface area contributed by atoms with Gasteiger partial charge in [-0.25, -0.2) is 4.39 Å². The van der Waals surface area contributed by atoms with E-state index < -0.39 is 5.82 Å². The summed E-state index contributed by atoms with van der Waals surface area (Å²) in [6, 6.07) is 15.0. The first-order valence-corrected chi connectivity index (χ1v) is 6.78. The third-order valence-electron chi connectivity index (χ3n) is 3.47. The Morgan fingerprint density at radius 2 is 1.90 bits per heavy atom. The highest BCUT2D eigenvalue weighted by Gasteiger charge is 2.11. The molecule has 0 fully saturated rings. The highest BCUT2D eigenvalue weighted by Crippen LogP contribution is 2.25. The van der Waals surface area contributed by atoms with Crippen LogP contribution in [0.2, 0.25) is 5.02 Å². The summed E-state index contributed by atoms with van der Waals surface area (Å²) in [5.74, 6) is -0.394. The van der Waals surface area contributed by atoms with Crippen molar-refractivity contribution < 1.29 is 4.39 Å². The molecule has 1 heterocycles. The molecular weight excluding hydrogens is 275 g/mol. The average molecular weight is 289 g/mol. The van der Waals surface area contributed by atoms with E-state index in [1.54, 1.807) is 6.07 Å².